The van der Waals surface area contributed by atoms with Gasteiger partial charge in [0, 0.05) is 72.8 Å². The molecule has 0 amide bonds. The van der Waals surface area contributed by atoms with Crippen LogP contribution >= 0.6 is 50.0 Å². The van der Waals surface area contributed by atoms with Crippen LogP contribution in [-0.2, 0) is 27.4 Å². The van der Waals surface area contributed by atoms with Gasteiger partial charge >= 0.3 is 84.2 Å². The summed E-state index contributed by atoms with van der Waals surface area (Å²) in [6.45, 7) is 0. The molecule has 0 saturated heterocycles. The van der Waals surface area contributed by atoms with Crippen LogP contribution in [0.2, 0.25) is 0 Å². The van der Waals surface area contributed by atoms with Crippen LogP contribution in [-0.4, -0.2) is 0 Å². The second-order valence-electron chi connectivity index (χ2n) is 9.89. The number of nitrogens with zero attached hydrogens (tertiary/aromatic N) is 12. The van der Waals surface area contributed by atoms with Crippen LogP contribution in [0.4, 0.5) is 59.3 Å². The first kappa shape index (κ1) is 75.3. The third-order valence-electron chi connectivity index (χ3n) is 5.23. The number of hydrogen-bond donors (Lipinski definition) is 0. The number of halogens is 6. The van der Waals surface area contributed by atoms with E-state index in [1.807, 2.05) is 109 Å². The van der Waals surface area contributed by atoms with E-state index >= 15 is 0 Å². The van der Waals surface area contributed by atoms with Crippen molar-refractivity contribution in [1.29, 1.82) is 32.4 Å². The molecule has 0 spiro atoms. The van der Waals surface area contributed by atoms with Crippen LogP contribution in [0.3, 0.4) is 0 Å². The number of rotatable bonds is 0. The van der Waals surface area contributed by atoms with Gasteiger partial charge < -0.3 is 29.4 Å². The Balaban J connectivity index is -0.000000167. The number of benzene rings is 6. The summed E-state index contributed by atoms with van der Waals surface area (Å²) in [7, 11) is -21.7. The molecule has 36 heteroatoms. The van der Waals surface area contributed by atoms with Crippen LogP contribution < -0.4 is 29.4 Å². The molecule has 0 aliphatic rings. The lowest BCUT2D eigenvalue weighted by Crippen LogP contribution is -1.74. The van der Waals surface area contributed by atoms with E-state index in [1.165, 1.54) is 0 Å². The Kier molecular flexibility index (Phi) is 61.6. The molecule has 0 aromatic heterocycles. The zero-order chi connectivity index (χ0) is 56.4. The van der Waals surface area contributed by atoms with Crippen molar-refractivity contribution in [2.75, 3.05) is 0 Å². The standard InChI is InChI=1S/6C6H5N2.6FO2P/c6*7-8-6-4-2-1-3-5-6;6*1-4(2)3/h6*1-5H;;;;;;/q6*+1;;;;;;. The highest BCUT2D eigenvalue weighted by Gasteiger charge is 1.99. The molecule has 6 unspecified atom stereocenters. The first-order valence-electron chi connectivity index (χ1n) is 17.2. The largest absolute Gasteiger partial charge is 0.562 e. The molecule has 0 radical (unpaired) electrons. The molecule has 0 aliphatic carbocycles. The van der Waals surface area contributed by atoms with Gasteiger partial charge in [-0.25, -0.2) is 0 Å². The molecule has 0 fully saturated rings. The Hall–Kier alpha value is -8.22. The van der Waals surface area contributed by atoms with Gasteiger partial charge in [0.2, 0.25) is 32.4 Å². The zero-order valence-electron chi connectivity index (χ0n) is 35.5. The second kappa shape index (κ2) is 58.9. The van der Waals surface area contributed by atoms with E-state index < -0.39 is 50.0 Å². The maximum atomic E-state index is 9.95. The number of hydrogen-bond acceptors (Lipinski definition) is 18. The van der Waals surface area contributed by atoms with Gasteiger partial charge in [0.1, 0.15) is 0 Å². The quantitative estimate of drug-likeness (QED) is 0.0774. The summed E-state index contributed by atoms with van der Waals surface area (Å²) in [6.07, 6.45) is 0. The van der Waals surface area contributed by atoms with Crippen molar-refractivity contribution in [3.05, 3.63) is 212 Å². The zero-order valence-corrected chi connectivity index (χ0v) is 40.9. The monoisotopic (exact) mass is 1120 g/mol. The van der Waals surface area contributed by atoms with Gasteiger partial charge in [-0.2, -0.15) is 0 Å². The average molecular weight is 1120 g/mol. The Morgan fingerprint density at radius 2 is 0.306 bits per heavy atom. The first-order chi connectivity index (χ1) is 34.0. The summed E-state index contributed by atoms with van der Waals surface area (Å²) in [4.78, 5) is 68.0. The third-order valence-corrected chi connectivity index (χ3v) is 5.23. The van der Waals surface area contributed by atoms with E-state index in [9.17, 15) is 25.2 Å². The minimum Gasteiger partial charge on any atom is -0.562 e. The second-order valence-corrected chi connectivity index (χ2v) is 12.4. The predicted octanol–water partition coefficient (Wildman–Crippen LogP) is 12.9. The van der Waals surface area contributed by atoms with E-state index in [1.54, 1.807) is 72.8 Å². The van der Waals surface area contributed by atoms with Crippen LogP contribution in [0.5, 0.6) is 0 Å². The lowest BCUT2D eigenvalue weighted by atomic mass is 10.3. The maximum absolute atomic E-state index is 9.95. The average Bonchev–Trinajstić information content (AvgIpc) is 3.35. The van der Waals surface area contributed by atoms with Crippen molar-refractivity contribution >= 4 is 84.2 Å². The lowest BCUT2D eigenvalue weighted by molar-refractivity contribution is -0.175. The van der Waals surface area contributed by atoms with E-state index in [0.717, 1.165) is 0 Å². The lowest BCUT2D eigenvalue weighted by Gasteiger charge is -1.69. The van der Waals surface area contributed by atoms with Gasteiger partial charge in [-0.3, -0.25) is 0 Å². The highest BCUT2D eigenvalue weighted by Crippen LogP contribution is 2.11. The van der Waals surface area contributed by atoms with Gasteiger partial charge in [0.25, 0.3) is 0 Å². The highest BCUT2D eigenvalue weighted by molar-refractivity contribution is 7.30. The molecule has 0 saturated carbocycles. The summed E-state index contributed by atoms with van der Waals surface area (Å²) in [5.41, 5.74) is 3.54. The van der Waals surface area contributed by atoms with Crippen molar-refractivity contribution in [3.8, 4) is 0 Å². The molecule has 0 N–H and O–H groups in total. The topological polar surface area (TPSA) is 410 Å². The van der Waals surface area contributed by atoms with E-state index in [4.69, 9.17) is 89.1 Å². The molecule has 6 atom stereocenters. The summed E-state index contributed by atoms with van der Waals surface area (Å²) in [6, 6.07) is 53.7. The fourth-order valence-corrected chi connectivity index (χ4v) is 2.97. The molecule has 0 bridgehead atoms. The molecule has 0 aliphatic heterocycles. The summed E-state index contributed by atoms with van der Waals surface area (Å²) in [5.74, 6) is 0. The van der Waals surface area contributed by atoms with Gasteiger partial charge in [0.15, 0.2) is 29.9 Å². The fourth-order valence-electron chi connectivity index (χ4n) is 2.97. The van der Waals surface area contributed by atoms with Crippen LogP contribution in [0.15, 0.2) is 182 Å². The van der Waals surface area contributed by atoms with Crippen molar-refractivity contribution in [2.45, 2.75) is 0 Å². The first-order valence-corrected chi connectivity index (χ1v) is 23.6. The number of diazo groups is 6. The normalized spacial score (nSPS) is 8.92. The van der Waals surface area contributed by atoms with E-state index in [-0.39, 0.29) is 0 Å². The highest BCUT2D eigenvalue weighted by atomic mass is 31.2. The van der Waals surface area contributed by atoms with Crippen molar-refractivity contribution in [3.63, 3.8) is 0 Å². The van der Waals surface area contributed by atoms with E-state index in [0.29, 0.717) is 34.1 Å². The van der Waals surface area contributed by atoms with Crippen molar-refractivity contribution < 1.29 is 81.9 Å². The minimum absolute atomic E-state index is 0.590. The fraction of sp³-hybridized carbons (Fsp3) is 0. The molecule has 6 rings (SSSR count). The van der Waals surface area contributed by atoms with Crippen molar-refractivity contribution in [1.82, 2.24) is 0 Å². The predicted molar refractivity (Wildman–Crippen MR) is 239 cm³/mol. The maximum Gasteiger partial charge on any atom is 0.540 e. The summed E-state index contributed by atoms with van der Waals surface area (Å²) >= 11 is 0. The van der Waals surface area contributed by atoms with Gasteiger partial charge in [0.05, 0.1) is 25.2 Å². The van der Waals surface area contributed by atoms with Crippen molar-refractivity contribution in [2.24, 2.45) is 0 Å². The van der Waals surface area contributed by atoms with Crippen LogP contribution in [0.25, 0.3) is 29.9 Å². The SMILES string of the molecule is N#[N+]c1ccccc1.N#[N+]c1ccccc1.N#[N+]c1ccccc1.N#[N+]c1ccccc1.N#[N+]c1ccccc1.N#[N+]c1ccccc1.O=[P+]([O-])F.O=[P+]([O-])F.O=[P+]([O-])F.O=[P+]([O-])F.O=[P+]([O-])F.O=[P+]([O-])F. The van der Waals surface area contributed by atoms with Gasteiger partial charge in [-0.15, -0.1) is 0 Å². The molecular formula is C36H30F6N12O12P6+6. The van der Waals surface area contributed by atoms with Gasteiger partial charge in [-0.05, 0) is 27.4 Å². The van der Waals surface area contributed by atoms with Crippen LogP contribution in [0.1, 0.15) is 0 Å². The van der Waals surface area contributed by atoms with Crippen LogP contribution in [0, 0.1) is 32.4 Å². The minimum atomic E-state index is -3.62. The Morgan fingerprint density at radius 3 is 0.347 bits per heavy atom. The van der Waals surface area contributed by atoms with Gasteiger partial charge in [-0.1, -0.05) is 109 Å². The van der Waals surface area contributed by atoms with E-state index in [2.05, 4.69) is 29.9 Å². The Labute approximate surface area is 409 Å². The Bertz CT molecular complexity index is 2170. The summed E-state index contributed by atoms with van der Waals surface area (Å²) in [5, 5.41) is 49.0. The molecule has 0 heterocycles. The molecule has 372 valence electrons. The molecule has 6 aromatic rings. The smallest absolute Gasteiger partial charge is 0.540 e. The Morgan fingerprint density at radius 1 is 0.236 bits per heavy atom. The molecular weight excluding hydrogens is 1090 g/mol. The molecule has 72 heavy (non-hydrogen) atoms. The molecule has 24 nitrogen and oxygen atoms in total. The summed E-state index contributed by atoms with van der Waals surface area (Å²) < 4.78 is 110. The molecule has 6 aromatic carbocycles. The third kappa shape index (κ3) is 85.1.